The van der Waals surface area contributed by atoms with E-state index in [9.17, 15) is 14.9 Å². The zero-order valence-corrected chi connectivity index (χ0v) is 16.2. The summed E-state index contributed by atoms with van der Waals surface area (Å²) in [5, 5.41) is 22.5. The Morgan fingerprint density at radius 2 is 2.00 bits per heavy atom. The lowest BCUT2D eigenvalue weighted by Crippen LogP contribution is -2.17. The van der Waals surface area contributed by atoms with E-state index < -0.39 is 4.92 Å². The number of halogens is 1. The number of rotatable bonds is 6. The number of benzene rings is 2. The normalized spacial score (nSPS) is 10.6. The highest BCUT2D eigenvalue weighted by atomic mass is 35.5. The van der Waals surface area contributed by atoms with Crippen molar-refractivity contribution in [2.24, 2.45) is 0 Å². The third kappa shape index (κ3) is 4.41. The van der Waals surface area contributed by atoms with Crippen LogP contribution in [0.15, 0.2) is 47.6 Å². The average Bonchev–Trinajstić information content (AvgIpc) is 3.03. The van der Waals surface area contributed by atoms with Crippen LogP contribution >= 0.6 is 23.4 Å². The van der Waals surface area contributed by atoms with Gasteiger partial charge >= 0.3 is 0 Å². The quantitative estimate of drug-likeness (QED) is 0.272. The van der Waals surface area contributed by atoms with Crippen molar-refractivity contribution in [3.05, 3.63) is 63.2 Å². The highest BCUT2D eigenvalue weighted by Gasteiger charge is 2.15. The summed E-state index contributed by atoms with van der Waals surface area (Å²) in [6.07, 6.45) is 0. The van der Waals surface area contributed by atoms with Crippen LogP contribution < -0.4 is 11.2 Å². The molecule has 0 aliphatic rings. The summed E-state index contributed by atoms with van der Waals surface area (Å²) in [5.74, 6) is 6.13. The number of hydrogen-bond acceptors (Lipinski definition) is 7. The molecule has 0 aliphatic carbocycles. The number of nitrogen functional groups attached to an aromatic ring is 1. The number of nitro groups is 1. The number of nitrogens with two attached hydrogens (primary N) is 1. The van der Waals surface area contributed by atoms with Crippen LogP contribution in [-0.2, 0) is 4.79 Å². The van der Waals surface area contributed by atoms with E-state index in [1.54, 1.807) is 37.3 Å². The molecule has 0 bridgehead atoms. The number of carbonyl (C=O) groups is 1. The Morgan fingerprint density at radius 1 is 1.29 bits per heavy atom. The molecule has 3 aromatic rings. The minimum atomic E-state index is -0.515. The van der Waals surface area contributed by atoms with Crippen LogP contribution in [0.3, 0.4) is 0 Å². The molecule has 0 spiro atoms. The van der Waals surface area contributed by atoms with Crippen molar-refractivity contribution in [2.75, 3.05) is 16.9 Å². The van der Waals surface area contributed by atoms with E-state index >= 15 is 0 Å². The lowest BCUT2D eigenvalue weighted by molar-refractivity contribution is -0.384. The maximum Gasteiger partial charge on any atom is 0.271 e. The van der Waals surface area contributed by atoms with Gasteiger partial charge in [-0.25, -0.2) is 4.68 Å². The standard InChI is InChI=1S/C17H15ClN6O3S/c1-10-2-7-13(24(26)27)8-14(10)20-15(25)9-28-17-22-21-16(23(17)19)11-3-5-12(18)6-4-11/h2-8H,9,19H2,1H3,(H,20,25). The molecule has 3 rings (SSSR count). The molecule has 0 fully saturated rings. The molecule has 144 valence electrons. The van der Waals surface area contributed by atoms with Gasteiger partial charge in [-0.2, -0.15) is 0 Å². The third-order valence-electron chi connectivity index (χ3n) is 3.81. The number of carbonyl (C=O) groups excluding carboxylic acids is 1. The van der Waals surface area contributed by atoms with Crippen molar-refractivity contribution in [3.8, 4) is 11.4 Å². The summed E-state index contributed by atoms with van der Waals surface area (Å²) in [6.45, 7) is 1.75. The van der Waals surface area contributed by atoms with Crippen LogP contribution in [0.4, 0.5) is 11.4 Å². The fraction of sp³-hybridized carbons (Fsp3) is 0.118. The van der Waals surface area contributed by atoms with Crippen molar-refractivity contribution in [2.45, 2.75) is 12.1 Å². The molecule has 0 radical (unpaired) electrons. The number of non-ortho nitro benzene ring substituents is 1. The fourth-order valence-corrected chi connectivity index (χ4v) is 3.13. The zero-order chi connectivity index (χ0) is 20.3. The molecule has 0 aliphatic heterocycles. The van der Waals surface area contributed by atoms with Gasteiger partial charge in [0.2, 0.25) is 11.1 Å². The molecular weight excluding hydrogens is 404 g/mol. The maximum absolute atomic E-state index is 12.2. The van der Waals surface area contributed by atoms with E-state index in [0.29, 0.717) is 21.7 Å². The van der Waals surface area contributed by atoms with Gasteiger partial charge in [-0.1, -0.05) is 29.4 Å². The minimum Gasteiger partial charge on any atom is -0.335 e. The highest BCUT2D eigenvalue weighted by molar-refractivity contribution is 7.99. The Morgan fingerprint density at radius 3 is 2.68 bits per heavy atom. The van der Waals surface area contributed by atoms with Crippen LogP contribution in [0.2, 0.25) is 5.02 Å². The molecule has 2 aromatic carbocycles. The van der Waals surface area contributed by atoms with Gasteiger partial charge in [-0.3, -0.25) is 14.9 Å². The predicted octanol–water partition coefficient (Wildman–Crippen LogP) is 3.26. The summed E-state index contributed by atoms with van der Waals surface area (Å²) < 4.78 is 1.29. The lowest BCUT2D eigenvalue weighted by Gasteiger charge is -2.08. The van der Waals surface area contributed by atoms with Gasteiger partial charge in [0.15, 0.2) is 5.82 Å². The molecule has 0 saturated heterocycles. The van der Waals surface area contributed by atoms with E-state index in [-0.39, 0.29) is 17.3 Å². The fourth-order valence-electron chi connectivity index (χ4n) is 2.35. The number of aryl methyl sites for hydroxylation is 1. The number of thioether (sulfide) groups is 1. The molecule has 1 amide bonds. The molecular formula is C17H15ClN6O3S. The second-order valence-corrected chi connectivity index (χ2v) is 7.16. The largest absolute Gasteiger partial charge is 0.335 e. The number of anilines is 1. The van der Waals surface area contributed by atoms with Gasteiger partial charge in [-0.15, -0.1) is 10.2 Å². The molecule has 9 nitrogen and oxygen atoms in total. The second-order valence-electron chi connectivity index (χ2n) is 5.78. The van der Waals surface area contributed by atoms with Crippen molar-refractivity contribution in [3.63, 3.8) is 0 Å². The van der Waals surface area contributed by atoms with Gasteiger partial charge in [0, 0.05) is 22.7 Å². The molecule has 1 aromatic heterocycles. The first-order chi connectivity index (χ1) is 13.3. The van der Waals surface area contributed by atoms with Gasteiger partial charge in [0.1, 0.15) is 0 Å². The minimum absolute atomic E-state index is 0.0120. The van der Waals surface area contributed by atoms with E-state index in [4.69, 9.17) is 17.4 Å². The maximum atomic E-state index is 12.2. The third-order valence-corrected chi connectivity index (χ3v) is 5.00. The van der Waals surface area contributed by atoms with Gasteiger partial charge in [0.25, 0.3) is 5.69 Å². The Labute approximate surface area is 169 Å². The first-order valence-electron chi connectivity index (χ1n) is 7.99. The number of nitrogens with zero attached hydrogens (tertiary/aromatic N) is 4. The van der Waals surface area contributed by atoms with Crippen LogP contribution in [0.5, 0.6) is 0 Å². The summed E-state index contributed by atoms with van der Waals surface area (Å²) in [4.78, 5) is 22.6. The summed E-state index contributed by atoms with van der Waals surface area (Å²) in [6, 6.07) is 11.2. The molecule has 28 heavy (non-hydrogen) atoms. The monoisotopic (exact) mass is 418 g/mol. The van der Waals surface area contributed by atoms with Crippen LogP contribution in [0.25, 0.3) is 11.4 Å². The number of nitro benzene ring substituents is 1. The van der Waals surface area contributed by atoms with Crippen molar-refractivity contribution < 1.29 is 9.72 Å². The second kappa shape index (κ2) is 8.28. The Kier molecular flexibility index (Phi) is 5.81. The lowest BCUT2D eigenvalue weighted by atomic mass is 10.2. The van der Waals surface area contributed by atoms with Crippen LogP contribution in [0.1, 0.15) is 5.56 Å². The molecule has 0 atom stereocenters. The SMILES string of the molecule is Cc1ccc([N+](=O)[O-])cc1NC(=O)CSc1nnc(-c2ccc(Cl)cc2)n1N. The van der Waals surface area contributed by atoms with Crippen LogP contribution in [-0.4, -0.2) is 31.5 Å². The molecule has 3 N–H and O–H groups in total. The topological polar surface area (TPSA) is 129 Å². The zero-order valence-electron chi connectivity index (χ0n) is 14.6. The molecule has 11 heteroatoms. The summed E-state index contributed by atoms with van der Waals surface area (Å²) in [5.41, 5.74) is 1.75. The Bertz CT molecular complexity index is 1040. The molecule has 0 unspecified atom stereocenters. The number of amides is 1. The van der Waals surface area contributed by atoms with Crippen molar-refractivity contribution in [1.29, 1.82) is 0 Å². The Hall–Kier alpha value is -3.11. The van der Waals surface area contributed by atoms with Gasteiger partial charge in [0.05, 0.1) is 16.4 Å². The van der Waals surface area contributed by atoms with Gasteiger partial charge in [-0.05, 0) is 36.8 Å². The summed E-state index contributed by atoms with van der Waals surface area (Å²) in [7, 11) is 0. The summed E-state index contributed by atoms with van der Waals surface area (Å²) >= 11 is 6.98. The predicted molar refractivity (Wildman–Crippen MR) is 108 cm³/mol. The first kappa shape index (κ1) is 19.6. The van der Waals surface area contributed by atoms with Crippen LogP contribution in [0, 0.1) is 17.0 Å². The van der Waals surface area contributed by atoms with E-state index in [1.165, 1.54) is 16.8 Å². The smallest absolute Gasteiger partial charge is 0.271 e. The van der Waals surface area contributed by atoms with E-state index in [0.717, 1.165) is 22.9 Å². The van der Waals surface area contributed by atoms with Gasteiger partial charge < -0.3 is 11.2 Å². The van der Waals surface area contributed by atoms with Crippen molar-refractivity contribution in [1.82, 2.24) is 14.9 Å². The molecule has 1 heterocycles. The van der Waals surface area contributed by atoms with Crippen molar-refractivity contribution >= 4 is 40.6 Å². The first-order valence-corrected chi connectivity index (χ1v) is 9.35. The number of hydrogen-bond donors (Lipinski definition) is 2. The Balaban J connectivity index is 1.66. The average molecular weight is 419 g/mol. The molecule has 0 saturated carbocycles. The number of aromatic nitrogens is 3. The number of nitrogens with one attached hydrogen (secondary N) is 1. The van der Waals surface area contributed by atoms with E-state index in [2.05, 4.69) is 15.5 Å². The highest BCUT2D eigenvalue weighted by Crippen LogP contribution is 2.24. The van der Waals surface area contributed by atoms with E-state index in [1.807, 2.05) is 0 Å².